The summed E-state index contributed by atoms with van der Waals surface area (Å²) in [4.78, 5) is 2.55. The summed E-state index contributed by atoms with van der Waals surface area (Å²) >= 11 is 0. The molecule has 17 heavy (non-hydrogen) atoms. The van der Waals surface area contributed by atoms with Crippen LogP contribution in [0.3, 0.4) is 0 Å². The highest BCUT2D eigenvalue weighted by Crippen LogP contribution is 2.31. The van der Waals surface area contributed by atoms with Crippen LogP contribution in [0.1, 0.15) is 44.7 Å². The van der Waals surface area contributed by atoms with Gasteiger partial charge >= 0.3 is 0 Å². The minimum Gasteiger partial charge on any atom is -0.322 e. The second-order valence-electron chi connectivity index (χ2n) is 5.59. The first-order chi connectivity index (χ1) is 8.12. The van der Waals surface area contributed by atoms with Crippen molar-refractivity contribution in [1.29, 1.82) is 0 Å². The smallest absolute Gasteiger partial charge is 0.0476 e. The summed E-state index contributed by atoms with van der Waals surface area (Å²) in [5.74, 6) is 0. The number of hydrogen-bond acceptors (Lipinski definition) is 2. The lowest BCUT2D eigenvalue weighted by Gasteiger charge is -2.44. The summed E-state index contributed by atoms with van der Waals surface area (Å²) < 4.78 is 0. The minimum atomic E-state index is 0.0434. The van der Waals surface area contributed by atoms with E-state index < -0.39 is 0 Å². The number of likely N-dealkylation sites (tertiary alicyclic amines) is 1. The molecule has 2 nitrogen and oxygen atoms in total. The van der Waals surface area contributed by atoms with E-state index in [1.54, 1.807) is 0 Å². The van der Waals surface area contributed by atoms with Crippen LogP contribution >= 0.6 is 0 Å². The summed E-state index contributed by atoms with van der Waals surface area (Å²) in [6.07, 6.45) is 3.99. The Morgan fingerprint density at radius 3 is 2.24 bits per heavy atom. The van der Waals surface area contributed by atoms with Crippen LogP contribution in [-0.2, 0) is 0 Å². The first kappa shape index (κ1) is 12.6. The van der Waals surface area contributed by atoms with Crippen LogP contribution in [-0.4, -0.2) is 23.5 Å². The third-order valence-electron chi connectivity index (χ3n) is 4.09. The van der Waals surface area contributed by atoms with E-state index in [9.17, 15) is 0 Å². The molecular formula is C15H24N2. The van der Waals surface area contributed by atoms with Crippen molar-refractivity contribution in [1.82, 2.24) is 4.90 Å². The van der Waals surface area contributed by atoms with Gasteiger partial charge in [-0.05, 0) is 45.3 Å². The molecule has 2 rings (SSSR count). The van der Waals surface area contributed by atoms with E-state index in [0.717, 1.165) is 0 Å². The molecule has 1 unspecified atom stereocenters. The average Bonchev–Trinajstić information content (AvgIpc) is 2.40. The number of nitrogens with zero attached hydrogens (tertiary/aromatic N) is 1. The zero-order valence-corrected chi connectivity index (χ0v) is 11.0. The fourth-order valence-corrected chi connectivity index (χ4v) is 2.74. The second kappa shape index (κ2) is 5.19. The van der Waals surface area contributed by atoms with Gasteiger partial charge in [0.05, 0.1) is 0 Å². The summed E-state index contributed by atoms with van der Waals surface area (Å²) in [6.45, 7) is 6.92. The standard InChI is InChI=1S/C15H24N2/c1-15(2,17-11-7-4-8-12-17)14(16)13-9-5-3-6-10-13/h3,5-6,9-10,14H,4,7-8,11-12,16H2,1-2H3. The molecule has 0 spiro atoms. The SMILES string of the molecule is CC(C)(C(N)c1ccccc1)N1CCCCC1. The van der Waals surface area contributed by atoms with Gasteiger partial charge in [-0.1, -0.05) is 36.8 Å². The fraction of sp³-hybridized carbons (Fsp3) is 0.600. The zero-order chi connectivity index (χ0) is 12.3. The largest absolute Gasteiger partial charge is 0.322 e. The highest BCUT2D eigenvalue weighted by Gasteiger charge is 2.34. The number of rotatable bonds is 3. The monoisotopic (exact) mass is 232 g/mol. The lowest BCUT2D eigenvalue weighted by molar-refractivity contribution is 0.0730. The van der Waals surface area contributed by atoms with Crippen LogP contribution in [0.2, 0.25) is 0 Å². The van der Waals surface area contributed by atoms with Crippen molar-refractivity contribution in [3.8, 4) is 0 Å². The molecular weight excluding hydrogens is 208 g/mol. The quantitative estimate of drug-likeness (QED) is 0.868. The first-order valence-electron chi connectivity index (χ1n) is 6.68. The Morgan fingerprint density at radius 2 is 1.65 bits per heavy atom. The Hall–Kier alpha value is -0.860. The highest BCUT2D eigenvalue weighted by atomic mass is 15.2. The van der Waals surface area contributed by atoms with Crippen molar-refractivity contribution in [2.75, 3.05) is 13.1 Å². The van der Waals surface area contributed by atoms with Gasteiger partial charge in [0.15, 0.2) is 0 Å². The molecule has 1 aliphatic rings. The van der Waals surface area contributed by atoms with E-state index >= 15 is 0 Å². The van der Waals surface area contributed by atoms with Gasteiger partial charge in [-0.3, -0.25) is 4.90 Å². The molecule has 1 atom stereocenters. The highest BCUT2D eigenvalue weighted by molar-refractivity contribution is 5.22. The van der Waals surface area contributed by atoms with Crippen LogP contribution < -0.4 is 5.73 Å². The molecule has 1 aromatic rings. The molecule has 1 fully saturated rings. The van der Waals surface area contributed by atoms with Gasteiger partial charge < -0.3 is 5.73 Å². The van der Waals surface area contributed by atoms with Crippen molar-refractivity contribution in [3.05, 3.63) is 35.9 Å². The van der Waals surface area contributed by atoms with Gasteiger partial charge in [0.25, 0.3) is 0 Å². The Balaban J connectivity index is 2.13. The van der Waals surface area contributed by atoms with Crippen molar-refractivity contribution >= 4 is 0 Å². The maximum absolute atomic E-state index is 6.46. The van der Waals surface area contributed by atoms with Gasteiger partial charge in [-0.15, -0.1) is 0 Å². The van der Waals surface area contributed by atoms with Gasteiger partial charge in [-0.25, -0.2) is 0 Å². The summed E-state index contributed by atoms with van der Waals surface area (Å²) in [6, 6.07) is 10.5. The van der Waals surface area contributed by atoms with Gasteiger partial charge in [-0.2, -0.15) is 0 Å². The third kappa shape index (κ3) is 2.70. The van der Waals surface area contributed by atoms with Crippen LogP contribution in [0.5, 0.6) is 0 Å². The van der Waals surface area contributed by atoms with Crippen molar-refractivity contribution in [2.24, 2.45) is 5.73 Å². The molecule has 1 aliphatic heterocycles. The third-order valence-corrected chi connectivity index (χ3v) is 4.09. The molecule has 0 aromatic heterocycles. The molecule has 0 aliphatic carbocycles. The van der Waals surface area contributed by atoms with Gasteiger partial charge in [0.1, 0.15) is 0 Å². The number of piperidine rings is 1. The topological polar surface area (TPSA) is 29.3 Å². The fourth-order valence-electron chi connectivity index (χ4n) is 2.74. The average molecular weight is 232 g/mol. The molecule has 0 saturated carbocycles. The molecule has 0 amide bonds. The molecule has 2 heteroatoms. The molecule has 94 valence electrons. The number of hydrogen-bond donors (Lipinski definition) is 1. The predicted molar refractivity (Wildman–Crippen MR) is 72.9 cm³/mol. The molecule has 0 bridgehead atoms. The maximum Gasteiger partial charge on any atom is 0.0476 e. The lowest BCUT2D eigenvalue weighted by atomic mass is 9.86. The molecule has 1 aromatic carbocycles. The zero-order valence-electron chi connectivity index (χ0n) is 11.0. The second-order valence-corrected chi connectivity index (χ2v) is 5.59. The molecule has 1 heterocycles. The Labute approximate surface area is 105 Å². The van der Waals surface area contributed by atoms with E-state index in [4.69, 9.17) is 5.73 Å². The Morgan fingerprint density at radius 1 is 1.06 bits per heavy atom. The first-order valence-corrected chi connectivity index (χ1v) is 6.68. The predicted octanol–water partition coefficient (Wildman–Crippen LogP) is 2.95. The van der Waals surface area contributed by atoms with E-state index in [1.165, 1.54) is 37.9 Å². The van der Waals surface area contributed by atoms with Crippen molar-refractivity contribution in [3.63, 3.8) is 0 Å². The Kier molecular flexibility index (Phi) is 3.85. The van der Waals surface area contributed by atoms with E-state index in [-0.39, 0.29) is 11.6 Å². The lowest BCUT2D eigenvalue weighted by Crippen LogP contribution is -2.53. The van der Waals surface area contributed by atoms with Crippen LogP contribution in [0.25, 0.3) is 0 Å². The summed E-state index contributed by atoms with van der Waals surface area (Å²) in [5, 5.41) is 0. The summed E-state index contributed by atoms with van der Waals surface area (Å²) in [5.41, 5.74) is 7.74. The van der Waals surface area contributed by atoms with Crippen LogP contribution in [0.15, 0.2) is 30.3 Å². The van der Waals surface area contributed by atoms with Crippen molar-refractivity contribution in [2.45, 2.75) is 44.7 Å². The molecule has 2 N–H and O–H groups in total. The molecule has 1 saturated heterocycles. The maximum atomic E-state index is 6.46. The summed E-state index contributed by atoms with van der Waals surface area (Å²) in [7, 11) is 0. The van der Waals surface area contributed by atoms with Crippen molar-refractivity contribution < 1.29 is 0 Å². The number of benzene rings is 1. The normalized spacial score (nSPS) is 20.2. The van der Waals surface area contributed by atoms with Crippen LogP contribution in [0.4, 0.5) is 0 Å². The van der Waals surface area contributed by atoms with E-state index in [0.29, 0.717) is 0 Å². The van der Waals surface area contributed by atoms with E-state index in [2.05, 4.69) is 43.0 Å². The van der Waals surface area contributed by atoms with Crippen LogP contribution in [0, 0.1) is 0 Å². The number of nitrogens with two attached hydrogens (primary N) is 1. The van der Waals surface area contributed by atoms with Gasteiger partial charge in [0.2, 0.25) is 0 Å². The molecule has 0 radical (unpaired) electrons. The minimum absolute atomic E-state index is 0.0434. The van der Waals surface area contributed by atoms with Gasteiger partial charge in [0, 0.05) is 11.6 Å². The Bertz CT molecular complexity index is 339. The van der Waals surface area contributed by atoms with E-state index in [1.807, 2.05) is 6.07 Å².